The molecule has 17 heavy (non-hydrogen) atoms. The summed E-state index contributed by atoms with van der Waals surface area (Å²) in [5.41, 5.74) is -1.06. The number of carboxylic acids is 1. The number of nitrogens with one attached hydrogen (secondary N) is 1. The number of pyridine rings is 1. The van der Waals surface area contributed by atoms with E-state index >= 15 is 0 Å². The summed E-state index contributed by atoms with van der Waals surface area (Å²) in [5.74, 6) is -1.25. The smallest absolute Gasteiger partial charge is 0.433 e. The zero-order valence-electron chi connectivity index (χ0n) is 8.55. The highest BCUT2D eigenvalue weighted by Crippen LogP contribution is 2.30. The predicted molar refractivity (Wildman–Crippen MR) is 62.7 cm³/mol. The Morgan fingerprint density at radius 2 is 2.12 bits per heavy atom. The second kappa shape index (κ2) is 5.07. The number of hydrogen-bond acceptors (Lipinski definition) is 3. The van der Waals surface area contributed by atoms with Crippen molar-refractivity contribution in [1.82, 2.24) is 4.98 Å². The van der Waals surface area contributed by atoms with Crippen LogP contribution in [-0.2, 0) is 11.0 Å². The molecule has 4 nitrogen and oxygen atoms in total. The Bertz CT molecular complexity index is 437. The van der Waals surface area contributed by atoms with Crippen LogP contribution in [0.15, 0.2) is 12.1 Å². The fraction of sp³-hybridized carbons (Fsp3) is 0.333. The van der Waals surface area contributed by atoms with E-state index in [2.05, 4.69) is 10.3 Å². The highest BCUT2D eigenvalue weighted by molar-refractivity contribution is 14.1. The van der Waals surface area contributed by atoms with Gasteiger partial charge in [0.25, 0.3) is 0 Å². The SMILES string of the molecule is C[C@@H](Nc1nc(C(F)(F)F)ccc1I)C(=O)O. The number of rotatable bonds is 3. The third kappa shape index (κ3) is 3.72. The summed E-state index contributed by atoms with van der Waals surface area (Å²) in [7, 11) is 0. The molecule has 0 saturated heterocycles. The van der Waals surface area contributed by atoms with Crippen molar-refractivity contribution in [2.45, 2.75) is 19.1 Å². The van der Waals surface area contributed by atoms with Gasteiger partial charge in [-0.15, -0.1) is 0 Å². The topological polar surface area (TPSA) is 62.2 Å². The van der Waals surface area contributed by atoms with Gasteiger partial charge in [0.05, 0.1) is 3.57 Å². The Labute approximate surface area is 108 Å². The second-order valence-corrected chi connectivity index (χ2v) is 4.39. The van der Waals surface area contributed by atoms with E-state index in [1.807, 2.05) is 0 Å². The van der Waals surface area contributed by atoms with Crippen LogP contribution in [0.1, 0.15) is 12.6 Å². The summed E-state index contributed by atoms with van der Waals surface area (Å²) in [4.78, 5) is 13.9. The van der Waals surface area contributed by atoms with E-state index in [1.54, 1.807) is 22.6 Å². The van der Waals surface area contributed by atoms with Gasteiger partial charge in [-0.3, -0.25) is 4.79 Å². The molecule has 0 saturated carbocycles. The summed E-state index contributed by atoms with van der Waals surface area (Å²) in [5, 5.41) is 11.1. The Balaban J connectivity index is 3.03. The van der Waals surface area contributed by atoms with Gasteiger partial charge in [-0.25, -0.2) is 4.98 Å². The molecule has 1 heterocycles. The quantitative estimate of drug-likeness (QED) is 0.814. The molecule has 8 heteroatoms. The van der Waals surface area contributed by atoms with Crippen molar-refractivity contribution < 1.29 is 23.1 Å². The molecule has 0 unspecified atom stereocenters. The molecule has 0 aromatic carbocycles. The highest BCUT2D eigenvalue weighted by atomic mass is 127. The fourth-order valence-electron chi connectivity index (χ4n) is 0.968. The summed E-state index contributed by atoms with van der Waals surface area (Å²) in [6.07, 6.45) is -4.55. The van der Waals surface area contributed by atoms with Crippen molar-refractivity contribution in [2.24, 2.45) is 0 Å². The highest BCUT2D eigenvalue weighted by Gasteiger charge is 2.33. The maximum Gasteiger partial charge on any atom is 0.433 e. The summed E-state index contributed by atoms with van der Waals surface area (Å²) in [6.45, 7) is 1.32. The van der Waals surface area contributed by atoms with Crippen LogP contribution in [0.3, 0.4) is 0 Å². The zero-order chi connectivity index (χ0) is 13.2. The Morgan fingerprint density at radius 3 is 2.59 bits per heavy atom. The van der Waals surface area contributed by atoms with Gasteiger partial charge in [0.15, 0.2) is 0 Å². The van der Waals surface area contributed by atoms with Crippen LogP contribution in [0.25, 0.3) is 0 Å². The number of carbonyl (C=O) groups is 1. The van der Waals surface area contributed by atoms with Crippen LogP contribution in [0, 0.1) is 3.57 Å². The van der Waals surface area contributed by atoms with Crippen molar-refractivity contribution >= 4 is 34.4 Å². The van der Waals surface area contributed by atoms with Crippen molar-refractivity contribution in [2.75, 3.05) is 5.32 Å². The minimum Gasteiger partial charge on any atom is -0.480 e. The molecule has 0 fully saturated rings. The van der Waals surface area contributed by atoms with Crippen LogP contribution in [0.4, 0.5) is 19.0 Å². The first-order valence-electron chi connectivity index (χ1n) is 4.45. The molecule has 1 atom stereocenters. The molecule has 0 bridgehead atoms. The molecule has 0 aliphatic heterocycles. The predicted octanol–water partition coefficient (Wildman–Crippen LogP) is 2.59. The molecule has 0 radical (unpaired) electrons. The zero-order valence-corrected chi connectivity index (χ0v) is 10.7. The molecule has 1 aromatic heterocycles. The normalized spacial score (nSPS) is 13.2. The van der Waals surface area contributed by atoms with Gasteiger partial charge in [-0.2, -0.15) is 13.2 Å². The van der Waals surface area contributed by atoms with E-state index < -0.39 is 23.9 Å². The van der Waals surface area contributed by atoms with Crippen LogP contribution in [-0.4, -0.2) is 22.1 Å². The standard InChI is InChI=1S/C9H8F3IN2O2/c1-4(8(16)17)14-7-5(13)2-3-6(15-7)9(10,11)12/h2-4H,1H3,(H,14,15)(H,16,17)/t4-/m1/s1. The summed E-state index contributed by atoms with van der Waals surface area (Å²) in [6, 6.07) is 1.06. The maximum atomic E-state index is 12.4. The van der Waals surface area contributed by atoms with E-state index in [0.29, 0.717) is 3.57 Å². The molecular formula is C9H8F3IN2O2. The van der Waals surface area contributed by atoms with Gasteiger partial charge >= 0.3 is 12.1 Å². The maximum absolute atomic E-state index is 12.4. The number of aliphatic carboxylic acids is 1. The fourth-order valence-corrected chi connectivity index (χ4v) is 1.42. The lowest BCUT2D eigenvalue weighted by atomic mass is 10.3. The van der Waals surface area contributed by atoms with Crippen LogP contribution in [0.5, 0.6) is 0 Å². The molecule has 0 aliphatic rings. The minimum absolute atomic E-state index is 0.0877. The van der Waals surface area contributed by atoms with Crippen LogP contribution in [0.2, 0.25) is 0 Å². The van der Waals surface area contributed by atoms with Gasteiger partial charge < -0.3 is 10.4 Å². The lowest BCUT2D eigenvalue weighted by molar-refractivity contribution is -0.141. The van der Waals surface area contributed by atoms with Gasteiger partial charge in [0, 0.05) is 0 Å². The summed E-state index contributed by atoms with van der Waals surface area (Å²) < 4.78 is 37.6. The largest absolute Gasteiger partial charge is 0.480 e. The van der Waals surface area contributed by atoms with Crippen molar-refractivity contribution in [3.63, 3.8) is 0 Å². The number of aromatic nitrogens is 1. The second-order valence-electron chi connectivity index (χ2n) is 3.23. The monoisotopic (exact) mass is 360 g/mol. The molecule has 0 amide bonds. The van der Waals surface area contributed by atoms with E-state index in [0.717, 1.165) is 6.07 Å². The van der Waals surface area contributed by atoms with E-state index in [1.165, 1.54) is 13.0 Å². The first kappa shape index (κ1) is 14.0. The van der Waals surface area contributed by atoms with Crippen molar-refractivity contribution in [3.8, 4) is 0 Å². The molecule has 1 aromatic rings. The summed E-state index contributed by atoms with van der Waals surface area (Å²) >= 11 is 1.78. The molecule has 1 rings (SSSR count). The Morgan fingerprint density at radius 1 is 1.53 bits per heavy atom. The van der Waals surface area contributed by atoms with Gasteiger partial charge in [-0.05, 0) is 41.6 Å². The number of nitrogens with zero attached hydrogens (tertiary/aromatic N) is 1. The molecule has 0 spiro atoms. The van der Waals surface area contributed by atoms with Crippen molar-refractivity contribution in [1.29, 1.82) is 0 Å². The number of carboxylic acid groups (broad SMARTS) is 1. The van der Waals surface area contributed by atoms with E-state index in [4.69, 9.17) is 5.11 Å². The first-order valence-corrected chi connectivity index (χ1v) is 5.53. The first-order chi connectivity index (χ1) is 7.71. The molecule has 2 N–H and O–H groups in total. The number of anilines is 1. The van der Waals surface area contributed by atoms with Gasteiger partial charge in [0.2, 0.25) is 0 Å². The third-order valence-electron chi connectivity index (χ3n) is 1.86. The van der Waals surface area contributed by atoms with E-state index in [-0.39, 0.29) is 5.82 Å². The number of halogens is 4. The Kier molecular flexibility index (Phi) is 4.17. The number of hydrogen-bond donors (Lipinski definition) is 2. The van der Waals surface area contributed by atoms with Crippen LogP contribution < -0.4 is 5.32 Å². The number of alkyl halides is 3. The Hall–Kier alpha value is -1.06. The average molecular weight is 360 g/mol. The molecule has 0 aliphatic carbocycles. The van der Waals surface area contributed by atoms with Crippen molar-refractivity contribution in [3.05, 3.63) is 21.4 Å². The van der Waals surface area contributed by atoms with Gasteiger partial charge in [-0.1, -0.05) is 0 Å². The average Bonchev–Trinajstić information content (AvgIpc) is 2.19. The molecular weight excluding hydrogens is 352 g/mol. The van der Waals surface area contributed by atoms with Crippen LogP contribution >= 0.6 is 22.6 Å². The third-order valence-corrected chi connectivity index (χ3v) is 2.73. The van der Waals surface area contributed by atoms with E-state index in [9.17, 15) is 18.0 Å². The lowest BCUT2D eigenvalue weighted by Crippen LogP contribution is -2.27. The molecule has 94 valence electrons. The lowest BCUT2D eigenvalue weighted by Gasteiger charge is -2.13. The minimum atomic E-state index is -4.55. The van der Waals surface area contributed by atoms with Gasteiger partial charge in [0.1, 0.15) is 17.6 Å².